The molecule has 146 valence electrons. The summed E-state index contributed by atoms with van der Waals surface area (Å²) in [4.78, 5) is 17.3. The number of benzene rings is 1. The number of hydrogen-bond donors (Lipinski definition) is 2. The van der Waals surface area contributed by atoms with E-state index in [9.17, 15) is 4.79 Å². The number of rotatable bonds is 7. The number of aromatic nitrogens is 1. The number of pyridine rings is 1. The van der Waals surface area contributed by atoms with Gasteiger partial charge in [0.25, 0.3) is 5.91 Å². The van der Waals surface area contributed by atoms with Gasteiger partial charge in [-0.25, -0.2) is 4.98 Å². The average Bonchev–Trinajstić information content (AvgIpc) is 3.20. The first-order valence-corrected chi connectivity index (χ1v) is 9.62. The lowest BCUT2D eigenvalue weighted by Crippen LogP contribution is -2.16. The Morgan fingerprint density at radius 3 is 2.36 bits per heavy atom. The zero-order valence-corrected chi connectivity index (χ0v) is 16.8. The number of para-hydroxylation sites is 1. The number of hydrogen-bond acceptors (Lipinski definition) is 4. The molecule has 2 aromatic heterocycles. The molecule has 3 rings (SSSR count). The normalized spacial score (nSPS) is 11.1. The van der Waals surface area contributed by atoms with Crippen molar-refractivity contribution >= 4 is 17.4 Å². The predicted molar refractivity (Wildman–Crippen MR) is 113 cm³/mol. The van der Waals surface area contributed by atoms with Gasteiger partial charge in [0.05, 0.1) is 12.8 Å². The van der Waals surface area contributed by atoms with Gasteiger partial charge >= 0.3 is 0 Å². The van der Waals surface area contributed by atoms with E-state index in [1.54, 1.807) is 24.6 Å². The van der Waals surface area contributed by atoms with Crippen LogP contribution in [-0.2, 0) is 6.54 Å². The largest absolute Gasteiger partial charge is 0.467 e. The van der Waals surface area contributed by atoms with Gasteiger partial charge in [0.1, 0.15) is 11.6 Å². The number of anilines is 2. The summed E-state index contributed by atoms with van der Waals surface area (Å²) in [5.74, 6) is 1.93. The summed E-state index contributed by atoms with van der Waals surface area (Å²) in [6.45, 7) is 9.06. The first kappa shape index (κ1) is 19.7. The lowest BCUT2D eigenvalue weighted by molar-refractivity contribution is 0.102. The molecule has 28 heavy (non-hydrogen) atoms. The van der Waals surface area contributed by atoms with Crippen molar-refractivity contribution in [1.29, 1.82) is 0 Å². The van der Waals surface area contributed by atoms with Crippen LogP contribution >= 0.6 is 0 Å². The summed E-state index contributed by atoms with van der Waals surface area (Å²) in [6.07, 6.45) is 3.27. The summed E-state index contributed by atoms with van der Waals surface area (Å²) < 4.78 is 5.31. The molecule has 0 unspecified atom stereocenters. The van der Waals surface area contributed by atoms with Crippen LogP contribution in [0.4, 0.5) is 11.5 Å². The van der Waals surface area contributed by atoms with Gasteiger partial charge in [0.2, 0.25) is 0 Å². The molecular weight excluding hydrogens is 350 g/mol. The molecular formula is C23H27N3O2. The fourth-order valence-electron chi connectivity index (χ4n) is 3.14. The van der Waals surface area contributed by atoms with Crippen molar-refractivity contribution in [3.05, 3.63) is 77.4 Å². The fourth-order valence-corrected chi connectivity index (χ4v) is 3.14. The molecule has 0 radical (unpaired) electrons. The molecule has 0 aliphatic heterocycles. The SMILES string of the molecule is CC(C)c1cccc(C(C)C)c1NC(=O)c1ccnc(NCc2ccco2)c1. The van der Waals surface area contributed by atoms with Crippen molar-refractivity contribution < 1.29 is 9.21 Å². The smallest absolute Gasteiger partial charge is 0.255 e. The molecule has 0 bridgehead atoms. The molecule has 0 atom stereocenters. The molecule has 5 nitrogen and oxygen atoms in total. The topological polar surface area (TPSA) is 67.2 Å². The van der Waals surface area contributed by atoms with Crippen molar-refractivity contribution in [2.45, 2.75) is 46.1 Å². The van der Waals surface area contributed by atoms with Crippen LogP contribution in [0.1, 0.15) is 66.8 Å². The summed E-state index contributed by atoms with van der Waals surface area (Å²) in [5.41, 5.74) is 3.76. The summed E-state index contributed by atoms with van der Waals surface area (Å²) in [7, 11) is 0. The van der Waals surface area contributed by atoms with Gasteiger partial charge in [-0.15, -0.1) is 0 Å². The molecule has 0 aliphatic carbocycles. The van der Waals surface area contributed by atoms with Crippen LogP contribution in [0.15, 0.2) is 59.3 Å². The van der Waals surface area contributed by atoms with Gasteiger partial charge < -0.3 is 15.1 Å². The highest BCUT2D eigenvalue weighted by atomic mass is 16.3. The van der Waals surface area contributed by atoms with Gasteiger partial charge in [-0.1, -0.05) is 45.9 Å². The number of nitrogens with zero attached hydrogens (tertiary/aromatic N) is 1. The van der Waals surface area contributed by atoms with Crippen LogP contribution < -0.4 is 10.6 Å². The Kier molecular flexibility index (Phi) is 6.14. The fraction of sp³-hybridized carbons (Fsp3) is 0.304. The Labute approximate surface area is 166 Å². The van der Waals surface area contributed by atoms with Crippen LogP contribution in [0.5, 0.6) is 0 Å². The Bertz CT molecular complexity index is 905. The molecule has 2 N–H and O–H groups in total. The Balaban J connectivity index is 1.81. The van der Waals surface area contributed by atoms with E-state index in [0.29, 0.717) is 29.8 Å². The number of furan rings is 1. The highest BCUT2D eigenvalue weighted by molar-refractivity contribution is 6.05. The average molecular weight is 377 g/mol. The monoisotopic (exact) mass is 377 g/mol. The van der Waals surface area contributed by atoms with Crippen molar-refractivity contribution in [1.82, 2.24) is 4.98 Å². The molecule has 1 aromatic carbocycles. The molecule has 0 fully saturated rings. The summed E-state index contributed by atoms with van der Waals surface area (Å²) in [6, 6.07) is 13.4. The number of carbonyl (C=O) groups excluding carboxylic acids is 1. The third kappa shape index (κ3) is 4.60. The van der Waals surface area contributed by atoms with E-state index in [0.717, 1.165) is 22.6 Å². The third-order valence-corrected chi connectivity index (χ3v) is 4.66. The summed E-state index contributed by atoms with van der Waals surface area (Å²) in [5, 5.41) is 6.32. The highest BCUT2D eigenvalue weighted by Crippen LogP contribution is 2.32. The van der Waals surface area contributed by atoms with Crippen molar-refractivity contribution in [3.63, 3.8) is 0 Å². The van der Waals surface area contributed by atoms with Crippen LogP contribution in [0, 0.1) is 0 Å². The molecule has 0 aliphatic rings. The summed E-state index contributed by atoms with van der Waals surface area (Å²) >= 11 is 0. The molecule has 0 spiro atoms. The van der Waals surface area contributed by atoms with Gasteiger partial charge in [-0.2, -0.15) is 0 Å². The molecule has 3 aromatic rings. The third-order valence-electron chi connectivity index (χ3n) is 4.66. The van der Waals surface area contributed by atoms with Gasteiger partial charge in [-0.05, 0) is 47.2 Å². The Morgan fingerprint density at radius 2 is 1.75 bits per heavy atom. The minimum atomic E-state index is -0.140. The molecule has 0 saturated carbocycles. The zero-order valence-electron chi connectivity index (χ0n) is 16.8. The lowest BCUT2D eigenvalue weighted by Gasteiger charge is -2.20. The van der Waals surface area contributed by atoms with Crippen LogP contribution in [0.25, 0.3) is 0 Å². The van der Waals surface area contributed by atoms with Crippen molar-refractivity contribution in [2.24, 2.45) is 0 Å². The number of carbonyl (C=O) groups is 1. The van der Waals surface area contributed by atoms with E-state index in [2.05, 4.69) is 61.5 Å². The quantitative estimate of drug-likeness (QED) is 0.547. The van der Waals surface area contributed by atoms with Gasteiger partial charge in [-0.3, -0.25) is 4.79 Å². The second-order valence-corrected chi connectivity index (χ2v) is 7.44. The maximum atomic E-state index is 13.0. The first-order chi connectivity index (χ1) is 13.5. The number of amides is 1. The lowest BCUT2D eigenvalue weighted by atomic mass is 9.92. The second-order valence-electron chi connectivity index (χ2n) is 7.44. The van der Waals surface area contributed by atoms with Gasteiger partial charge in [0, 0.05) is 17.4 Å². The Morgan fingerprint density at radius 1 is 1.04 bits per heavy atom. The first-order valence-electron chi connectivity index (χ1n) is 9.62. The second kappa shape index (κ2) is 8.74. The van der Waals surface area contributed by atoms with E-state index < -0.39 is 0 Å². The van der Waals surface area contributed by atoms with E-state index >= 15 is 0 Å². The van der Waals surface area contributed by atoms with Gasteiger partial charge in [0.15, 0.2) is 0 Å². The minimum absolute atomic E-state index is 0.140. The van der Waals surface area contributed by atoms with Crippen molar-refractivity contribution in [3.8, 4) is 0 Å². The van der Waals surface area contributed by atoms with Crippen LogP contribution in [-0.4, -0.2) is 10.9 Å². The van der Waals surface area contributed by atoms with Crippen molar-refractivity contribution in [2.75, 3.05) is 10.6 Å². The maximum absolute atomic E-state index is 13.0. The molecule has 1 amide bonds. The van der Waals surface area contributed by atoms with Crippen LogP contribution in [0.3, 0.4) is 0 Å². The maximum Gasteiger partial charge on any atom is 0.255 e. The zero-order chi connectivity index (χ0) is 20.1. The Hall–Kier alpha value is -3.08. The molecule has 0 saturated heterocycles. The molecule has 5 heteroatoms. The van der Waals surface area contributed by atoms with E-state index in [4.69, 9.17) is 4.42 Å². The standard InChI is InChI=1S/C23H27N3O2/c1-15(2)19-8-5-9-20(16(3)4)22(19)26-23(27)17-10-11-24-21(13-17)25-14-18-7-6-12-28-18/h5-13,15-16H,14H2,1-4H3,(H,24,25)(H,26,27). The minimum Gasteiger partial charge on any atom is -0.467 e. The van der Waals surface area contributed by atoms with E-state index in [-0.39, 0.29) is 5.91 Å². The van der Waals surface area contributed by atoms with E-state index in [1.807, 2.05) is 12.1 Å². The number of nitrogens with one attached hydrogen (secondary N) is 2. The van der Waals surface area contributed by atoms with Crippen LogP contribution in [0.2, 0.25) is 0 Å². The van der Waals surface area contributed by atoms with E-state index in [1.165, 1.54) is 0 Å². The molecule has 2 heterocycles. The predicted octanol–water partition coefficient (Wildman–Crippen LogP) is 5.79. The highest BCUT2D eigenvalue weighted by Gasteiger charge is 2.17.